The van der Waals surface area contributed by atoms with Crippen LogP contribution < -0.4 is 11.1 Å². The average Bonchev–Trinajstić information content (AvgIpc) is 2.29. The van der Waals surface area contributed by atoms with Gasteiger partial charge in [-0.15, -0.1) is 0 Å². The third kappa shape index (κ3) is 5.26. The molecule has 0 unspecified atom stereocenters. The normalized spacial score (nSPS) is 11.7. The van der Waals surface area contributed by atoms with E-state index in [0.717, 1.165) is 12.1 Å². The molecule has 1 rings (SSSR count). The van der Waals surface area contributed by atoms with Gasteiger partial charge >= 0.3 is 6.09 Å². The van der Waals surface area contributed by atoms with E-state index in [1.807, 2.05) is 0 Å². The molecule has 4 nitrogen and oxygen atoms in total. The number of amides is 1. The van der Waals surface area contributed by atoms with Crippen LogP contribution in [-0.4, -0.2) is 18.2 Å². The topological polar surface area (TPSA) is 64.3 Å². The SMILES string of the molecule is CC(C)(C)OC(=O)NCC=Cc1cc(F)c(N)c(F)c1. The molecule has 20 heavy (non-hydrogen) atoms. The van der Waals surface area contributed by atoms with Gasteiger partial charge in [0, 0.05) is 6.54 Å². The van der Waals surface area contributed by atoms with Gasteiger partial charge in [-0.25, -0.2) is 13.6 Å². The van der Waals surface area contributed by atoms with Crippen molar-refractivity contribution in [3.05, 3.63) is 35.4 Å². The fourth-order valence-corrected chi connectivity index (χ4v) is 1.35. The summed E-state index contributed by atoms with van der Waals surface area (Å²) in [5, 5.41) is 2.49. The van der Waals surface area contributed by atoms with Crippen LogP contribution in [0.4, 0.5) is 19.3 Å². The zero-order chi connectivity index (χ0) is 15.3. The molecule has 1 aromatic rings. The van der Waals surface area contributed by atoms with Crippen LogP contribution in [-0.2, 0) is 4.74 Å². The zero-order valence-corrected chi connectivity index (χ0v) is 11.7. The lowest BCUT2D eigenvalue weighted by Gasteiger charge is -2.19. The quantitative estimate of drug-likeness (QED) is 0.838. The molecule has 0 aromatic heterocycles. The van der Waals surface area contributed by atoms with Crippen molar-refractivity contribution >= 4 is 17.9 Å². The zero-order valence-electron chi connectivity index (χ0n) is 11.7. The minimum absolute atomic E-state index is 0.183. The van der Waals surface area contributed by atoms with E-state index in [0.29, 0.717) is 5.56 Å². The maximum Gasteiger partial charge on any atom is 0.407 e. The number of carbonyl (C=O) groups is 1. The van der Waals surface area contributed by atoms with Crippen LogP contribution in [0.5, 0.6) is 0 Å². The van der Waals surface area contributed by atoms with Gasteiger partial charge in [0.05, 0.1) is 0 Å². The van der Waals surface area contributed by atoms with Crippen LogP contribution in [0.25, 0.3) is 6.08 Å². The minimum Gasteiger partial charge on any atom is -0.444 e. The summed E-state index contributed by atoms with van der Waals surface area (Å²) in [5.74, 6) is -1.63. The Labute approximate surface area is 116 Å². The molecule has 0 spiro atoms. The van der Waals surface area contributed by atoms with Gasteiger partial charge in [-0.2, -0.15) is 0 Å². The number of nitrogens with one attached hydrogen (secondary N) is 1. The number of nitrogens with two attached hydrogens (primary N) is 1. The number of halogens is 2. The first-order valence-electron chi connectivity index (χ1n) is 6.07. The first-order chi connectivity index (χ1) is 9.19. The Morgan fingerprint density at radius 3 is 2.40 bits per heavy atom. The second-order valence-electron chi connectivity index (χ2n) is 5.18. The van der Waals surface area contributed by atoms with Crippen LogP contribution in [0.3, 0.4) is 0 Å². The predicted molar refractivity (Wildman–Crippen MR) is 74.0 cm³/mol. The van der Waals surface area contributed by atoms with Gasteiger partial charge in [0.15, 0.2) is 0 Å². The van der Waals surface area contributed by atoms with Crippen LogP contribution in [0.15, 0.2) is 18.2 Å². The van der Waals surface area contributed by atoms with E-state index in [1.165, 1.54) is 6.08 Å². The van der Waals surface area contributed by atoms with Crippen molar-refractivity contribution < 1.29 is 18.3 Å². The molecule has 0 radical (unpaired) electrons. The number of alkyl carbamates (subject to hydrolysis) is 1. The Hall–Kier alpha value is -2.11. The van der Waals surface area contributed by atoms with E-state index in [2.05, 4.69) is 5.32 Å². The molecular weight excluding hydrogens is 266 g/mol. The summed E-state index contributed by atoms with van der Waals surface area (Å²) in [7, 11) is 0. The monoisotopic (exact) mass is 284 g/mol. The highest BCUT2D eigenvalue weighted by Crippen LogP contribution is 2.17. The molecule has 0 saturated carbocycles. The lowest BCUT2D eigenvalue weighted by Crippen LogP contribution is -2.32. The first kappa shape index (κ1) is 15.9. The van der Waals surface area contributed by atoms with E-state index < -0.39 is 29.0 Å². The summed E-state index contributed by atoms with van der Waals surface area (Å²) in [6.07, 6.45) is 2.47. The third-order valence-corrected chi connectivity index (χ3v) is 2.17. The molecule has 0 bridgehead atoms. The van der Waals surface area contributed by atoms with Crippen LogP contribution in [0, 0.1) is 11.6 Å². The van der Waals surface area contributed by atoms with Crippen molar-refractivity contribution in [3.8, 4) is 0 Å². The molecule has 0 fully saturated rings. The summed E-state index contributed by atoms with van der Waals surface area (Å²) in [4.78, 5) is 11.3. The molecule has 110 valence electrons. The largest absolute Gasteiger partial charge is 0.444 e. The Kier molecular flexibility index (Phi) is 5.07. The smallest absolute Gasteiger partial charge is 0.407 e. The highest BCUT2D eigenvalue weighted by Gasteiger charge is 2.15. The molecular formula is C14H18F2N2O2. The second kappa shape index (κ2) is 6.36. The Morgan fingerprint density at radius 2 is 1.90 bits per heavy atom. The van der Waals surface area contributed by atoms with Crippen molar-refractivity contribution in [3.63, 3.8) is 0 Å². The van der Waals surface area contributed by atoms with Gasteiger partial charge in [0.2, 0.25) is 0 Å². The van der Waals surface area contributed by atoms with E-state index >= 15 is 0 Å². The maximum atomic E-state index is 13.2. The Morgan fingerprint density at radius 1 is 1.35 bits per heavy atom. The van der Waals surface area contributed by atoms with Crippen molar-refractivity contribution in [2.75, 3.05) is 12.3 Å². The number of carbonyl (C=O) groups excluding carboxylic acids is 1. The molecule has 0 saturated heterocycles. The number of hydrogen-bond acceptors (Lipinski definition) is 3. The van der Waals surface area contributed by atoms with Crippen molar-refractivity contribution in [2.45, 2.75) is 26.4 Å². The van der Waals surface area contributed by atoms with Gasteiger partial charge in [-0.1, -0.05) is 12.2 Å². The maximum absolute atomic E-state index is 13.2. The Balaban J connectivity index is 2.52. The van der Waals surface area contributed by atoms with Crippen molar-refractivity contribution in [1.82, 2.24) is 5.32 Å². The molecule has 0 atom stereocenters. The van der Waals surface area contributed by atoms with E-state index in [9.17, 15) is 13.6 Å². The summed E-state index contributed by atoms with van der Waals surface area (Å²) in [5.41, 5.74) is 4.40. The molecule has 0 heterocycles. The second-order valence-corrected chi connectivity index (χ2v) is 5.18. The van der Waals surface area contributed by atoms with E-state index in [-0.39, 0.29) is 6.54 Å². The fraction of sp³-hybridized carbons (Fsp3) is 0.357. The van der Waals surface area contributed by atoms with E-state index in [4.69, 9.17) is 10.5 Å². The number of nitrogen functional groups attached to an aromatic ring is 1. The molecule has 0 aliphatic heterocycles. The molecule has 0 aliphatic carbocycles. The summed E-state index contributed by atoms with van der Waals surface area (Å²) < 4.78 is 31.4. The molecule has 0 aliphatic rings. The summed E-state index contributed by atoms with van der Waals surface area (Å²) in [6, 6.07) is 2.23. The molecule has 1 amide bonds. The number of benzene rings is 1. The first-order valence-corrected chi connectivity index (χ1v) is 6.07. The highest BCUT2D eigenvalue weighted by molar-refractivity contribution is 5.68. The third-order valence-electron chi connectivity index (χ3n) is 2.17. The van der Waals surface area contributed by atoms with Gasteiger partial charge in [-0.3, -0.25) is 0 Å². The van der Waals surface area contributed by atoms with Crippen LogP contribution in [0.2, 0.25) is 0 Å². The summed E-state index contributed by atoms with van der Waals surface area (Å²) >= 11 is 0. The van der Waals surface area contributed by atoms with E-state index in [1.54, 1.807) is 26.8 Å². The van der Waals surface area contributed by atoms with Crippen LogP contribution in [0.1, 0.15) is 26.3 Å². The number of hydrogen-bond donors (Lipinski definition) is 2. The van der Waals surface area contributed by atoms with Gasteiger partial charge in [0.1, 0.15) is 22.9 Å². The van der Waals surface area contributed by atoms with Crippen molar-refractivity contribution in [2.24, 2.45) is 0 Å². The minimum atomic E-state index is -0.815. The number of anilines is 1. The molecule has 6 heteroatoms. The van der Waals surface area contributed by atoms with Crippen LogP contribution >= 0.6 is 0 Å². The predicted octanol–water partition coefficient (Wildman–Crippen LogP) is 3.08. The average molecular weight is 284 g/mol. The summed E-state index contributed by atoms with van der Waals surface area (Å²) in [6.45, 7) is 5.44. The van der Waals surface area contributed by atoms with Crippen molar-refractivity contribution in [1.29, 1.82) is 0 Å². The number of ether oxygens (including phenoxy) is 1. The fourth-order valence-electron chi connectivity index (χ4n) is 1.35. The lowest BCUT2D eigenvalue weighted by atomic mass is 10.1. The standard InChI is InChI=1S/C14H18F2N2O2/c1-14(2,3)20-13(19)18-6-4-5-9-7-10(15)12(17)11(16)8-9/h4-5,7-8H,6,17H2,1-3H3,(H,18,19). The molecule has 1 aromatic carbocycles. The van der Waals surface area contributed by atoms with Gasteiger partial charge in [-0.05, 0) is 38.5 Å². The number of rotatable bonds is 3. The van der Waals surface area contributed by atoms with Gasteiger partial charge in [0.25, 0.3) is 0 Å². The van der Waals surface area contributed by atoms with Gasteiger partial charge < -0.3 is 15.8 Å². The molecule has 3 N–H and O–H groups in total. The highest BCUT2D eigenvalue weighted by atomic mass is 19.1. The Bertz CT molecular complexity index is 499. The lowest BCUT2D eigenvalue weighted by molar-refractivity contribution is 0.0534.